The summed E-state index contributed by atoms with van der Waals surface area (Å²) in [6.45, 7) is 1.65. The lowest BCUT2D eigenvalue weighted by atomic mass is 9.91. The maximum atomic E-state index is 12.4. The van der Waals surface area contributed by atoms with Gasteiger partial charge in [0.25, 0.3) is 0 Å². The maximum Gasteiger partial charge on any atom is 0.336 e. The van der Waals surface area contributed by atoms with Gasteiger partial charge < -0.3 is 10.1 Å². The van der Waals surface area contributed by atoms with Crippen LogP contribution in [-0.4, -0.2) is 21.8 Å². The first-order valence-electron chi connectivity index (χ1n) is 9.10. The molecule has 0 fully saturated rings. The van der Waals surface area contributed by atoms with Crippen LogP contribution < -0.4 is 0 Å². The van der Waals surface area contributed by atoms with E-state index in [1.165, 1.54) is 0 Å². The van der Waals surface area contributed by atoms with Crippen LogP contribution in [0.4, 0.5) is 0 Å². The van der Waals surface area contributed by atoms with Crippen molar-refractivity contribution in [3.8, 4) is 0 Å². The van der Waals surface area contributed by atoms with Crippen molar-refractivity contribution in [2.75, 3.05) is 0 Å². The maximum absolute atomic E-state index is 12.4. The molecule has 0 radical (unpaired) electrons. The molecular weight excluding hydrogens is 348 g/mol. The first-order valence-corrected chi connectivity index (χ1v) is 9.10. The molecule has 0 bridgehead atoms. The number of para-hydroxylation sites is 1. The van der Waals surface area contributed by atoms with Gasteiger partial charge in [0.1, 0.15) is 0 Å². The molecule has 4 heteroatoms. The van der Waals surface area contributed by atoms with Crippen molar-refractivity contribution in [2.45, 2.75) is 12.5 Å². The standard InChI is InChI=1S/C24H20N2O2/c1-24(23(27)28,20-16-25-21-15-9-8-14-19(20)21)26-22(17-10-4-2-5-11-17)18-12-6-3-7-13-18/h2-16,25H,1H3,(H,27,28). The van der Waals surface area contributed by atoms with Crippen molar-refractivity contribution in [1.82, 2.24) is 4.98 Å². The van der Waals surface area contributed by atoms with Crippen molar-refractivity contribution in [3.05, 3.63) is 108 Å². The normalized spacial score (nSPS) is 13.0. The second kappa shape index (κ2) is 7.16. The van der Waals surface area contributed by atoms with E-state index in [0.29, 0.717) is 11.3 Å². The summed E-state index contributed by atoms with van der Waals surface area (Å²) in [5.41, 5.74) is 2.49. The van der Waals surface area contributed by atoms with Crippen molar-refractivity contribution in [3.63, 3.8) is 0 Å². The number of hydrogen-bond acceptors (Lipinski definition) is 2. The number of aromatic amines is 1. The molecule has 4 aromatic rings. The summed E-state index contributed by atoms with van der Waals surface area (Å²) >= 11 is 0. The molecule has 0 spiro atoms. The van der Waals surface area contributed by atoms with Crippen LogP contribution in [0.2, 0.25) is 0 Å². The molecule has 0 saturated heterocycles. The minimum atomic E-state index is -1.44. The molecule has 138 valence electrons. The van der Waals surface area contributed by atoms with Gasteiger partial charge in [-0.2, -0.15) is 0 Å². The Bertz CT molecular complexity index is 1110. The highest BCUT2D eigenvalue weighted by Gasteiger charge is 2.37. The quantitative estimate of drug-likeness (QED) is 0.487. The molecule has 0 saturated carbocycles. The highest BCUT2D eigenvalue weighted by Crippen LogP contribution is 2.33. The Kier molecular flexibility index (Phi) is 4.53. The van der Waals surface area contributed by atoms with Crippen LogP contribution in [0.25, 0.3) is 10.9 Å². The number of fused-ring (bicyclic) bond motifs is 1. The molecule has 4 rings (SSSR count). The number of carboxylic acid groups (broad SMARTS) is 1. The van der Waals surface area contributed by atoms with Crippen molar-refractivity contribution in [2.24, 2.45) is 4.99 Å². The number of carboxylic acids is 1. The number of nitrogens with zero attached hydrogens (tertiary/aromatic N) is 1. The number of H-pyrrole nitrogens is 1. The van der Waals surface area contributed by atoms with Crippen LogP contribution in [0.1, 0.15) is 23.6 Å². The number of carbonyl (C=O) groups is 1. The average Bonchev–Trinajstić information content (AvgIpc) is 3.18. The fraction of sp³-hybridized carbons (Fsp3) is 0.0833. The van der Waals surface area contributed by atoms with E-state index in [4.69, 9.17) is 4.99 Å². The summed E-state index contributed by atoms with van der Waals surface area (Å²) in [6, 6.07) is 27.0. The molecule has 28 heavy (non-hydrogen) atoms. The van der Waals surface area contributed by atoms with Gasteiger partial charge >= 0.3 is 5.97 Å². The van der Waals surface area contributed by atoms with Gasteiger partial charge in [0.15, 0.2) is 5.54 Å². The minimum Gasteiger partial charge on any atom is -0.479 e. The van der Waals surface area contributed by atoms with E-state index in [-0.39, 0.29) is 0 Å². The van der Waals surface area contributed by atoms with Crippen LogP contribution in [0, 0.1) is 0 Å². The molecule has 4 nitrogen and oxygen atoms in total. The number of aliphatic imine (C=N–C) groups is 1. The van der Waals surface area contributed by atoms with E-state index in [9.17, 15) is 9.90 Å². The third-order valence-electron chi connectivity index (χ3n) is 4.96. The van der Waals surface area contributed by atoms with E-state index in [0.717, 1.165) is 22.0 Å². The second-order valence-electron chi connectivity index (χ2n) is 6.82. The zero-order valence-electron chi connectivity index (χ0n) is 15.5. The zero-order valence-corrected chi connectivity index (χ0v) is 15.5. The first kappa shape index (κ1) is 17.7. The zero-order chi connectivity index (χ0) is 19.6. The number of aliphatic carboxylic acids is 1. The predicted octanol–water partition coefficient (Wildman–Crippen LogP) is 5.01. The van der Waals surface area contributed by atoms with Crippen LogP contribution in [0.5, 0.6) is 0 Å². The Morgan fingerprint density at radius 3 is 1.96 bits per heavy atom. The van der Waals surface area contributed by atoms with Crippen LogP contribution in [0.3, 0.4) is 0 Å². The van der Waals surface area contributed by atoms with E-state index < -0.39 is 11.5 Å². The summed E-state index contributed by atoms with van der Waals surface area (Å²) < 4.78 is 0. The highest BCUT2D eigenvalue weighted by molar-refractivity contribution is 6.14. The average molecular weight is 368 g/mol. The molecular formula is C24H20N2O2. The molecule has 1 aromatic heterocycles. The number of rotatable bonds is 5. The number of nitrogens with one attached hydrogen (secondary N) is 1. The SMILES string of the molecule is CC(N=C(c1ccccc1)c1ccccc1)(C(=O)O)c1c[nH]c2ccccc12. The van der Waals surface area contributed by atoms with E-state index in [2.05, 4.69) is 4.98 Å². The Hall–Kier alpha value is -3.66. The molecule has 0 amide bonds. The lowest BCUT2D eigenvalue weighted by Crippen LogP contribution is -2.32. The van der Waals surface area contributed by atoms with Crippen LogP contribution in [-0.2, 0) is 10.3 Å². The lowest BCUT2D eigenvalue weighted by Gasteiger charge is -2.22. The highest BCUT2D eigenvalue weighted by atomic mass is 16.4. The Labute approximate surface area is 163 Å². The van der Waals surface area contributed by atoms with Gasteiger partial charge in [-0.05, 0) is 13.0 Å². The fourth-order valence-electron chi connectivity index (χ4n) is 3.41. The largest absolute Gasteiger partial charge is 0.479 e. The third kappa shape index (κ3) is 3.09. The molecule has 1 heterocycles. The lowest BCUT2D eigenvalue weighted by molar-refractivity contribution is -0.142. The van der Waals surface area contributed by atoms with Gasteiger partial charge in [-0.1, -0.05) is 78.9 Å². The van der Waals surface area contributed by atoms with Crippen LogP contribution >= 0.6 is 0 Å². The number of aromatic nitrogens is 1. The first-order chi connectivity index (χ1) is 13.6. The molecule has 0 aliphatic rings. The van der Waals surface area contributed by atoms with Crippen molar-refractivity contribution >= 4 is 22.6 Å². The summed E-state index contributed by atoms with van der Waals surface area (Å²) in [4.78, 5) is 20.4. The van der Waals surface area contributed by atoms with Gasteiger partial charge in [-0.25, -0.2) is 4.79 Å². The van der Waals surface area contributed by atoms with Gasteiger partial charge in [-0.15, -0.1) is 0 Å². The number of benzene rings is 3. The monoisotopic (exact) mass is 368 g/mol. The van der Waals surface area contributed by atoms with E-state index in [1.807, 2.05) is 84.9 Å². The fourth-order valence-corrected chi connectivity index (χ4v) is 3.41. The molecule has 3 aromatic carbocycles. The summed E-state index contributed by atoms with van der Waals surface area (Å²) in [5.74, 6) is -0.999. The van der Waals surface area contributed by atoms with Gasteiger partial charge in [0.05, 0.1) is 5.71 Å². The Balaban J connectivity index is 1.97. The Morgan fingerprint density at radius 1 is 0.857 bits per heavy atom. The van der Waals surface area contributed by atoms with Crippen molar-refractivity contribution in [1.29, 1.82) is 0 Å². The Morgan fingerprint density at radius 2 is 1.39 bits per heavy atom. The van der Waals surface area contributed by atoms with Gasteiger partial charge in [0, 0.05) is 33.8 Å². The minimum absolute atomic E-state index is 0.639. The topological polar surface area (TPSA) is 65.4 Å². The van der Waals surface area contributed by atoms with Crippen molar-refractivity contribution < 1.29 is 9.90 Å². The smallest absolute Gasteiger partial charge is 0.336 e. The summed E-state index contributed by atoms with van der Waals surface area (Å²) in [7, 11) is 0. The summed E-state index contributed by atoms with van der Waals surface area (Å²) in [5, 5.41) is 11.0. The number of hydrogen-bond donors (Lipinski definition) is 2. The predicted molar refractivity (Wildman–Crippen MR) is 112 cm³/mol. The molecule has 0 aliphatic heterocycles. The molecule has 1 unspecified atom stereocenters. The van der Waals surface area contributed by atoms with Gasteiger partial charge in [-0.3, -0.25) is 4.99 Å². The van der Waals surface area contributed by atoms with E-state index >= 15 is 0 Å². The van der Waals surface area contributed by atoms with Crippen LogP contribution in [0.15, 0.2) is 96.1 Å². The third-order valence-corrected chi connectivity index (χ3v) is 4.96. The van der Waals surface area contributed by atoms with E-state index in [1.54, 1.807) is 13.1 Å². The van der Waals surface area contributed by atoms with Gasteiger partial charge in [0.2, 0.25) is 0 Å². The molecule has 0 aliphatic carbocycles. The summed E-state index contributed by atoms with van der Waals surface area (Å²) in [6.07, 6.45) is 1.75. The molecule has 1 atom stereocenters. The molecule has 2 N–H and O–H groups in total. The second-order valence-corrected chi connectivity index (χ2v) is 6.82.